The highest BCUT2D eigenvalue weighted by atomic mass is 16.5. The van der Waals surface area contributed by atoms with Crippen molar-refractivity contribution >= 4 is 5.91 Å². The summed E-state index contributed by atoms with van der Waals surface area (Å²) < 4.78 is 5.47. The minimum atomic E-state index is 0.0296. The van der Waals surface area contributed by atoms with Crippen LogP contribution in [-0.4, -0.2) is 40.1 Å². The van der Waals surface area contributed by atoms with Gasteiger partial charge in [0, 0.05) is 25.1 Å². The van der Waals surface area contributed by atoms with Gasteiger partial charge in [0.05, 0.1) is 6.54 Å². The average Bonchev–Trinajstić information content (AvgIpc) is 3.05. The van der Waals surface area contributed by atoms with Crippen LogP contribution in [0.3, 0.4) is 0 Å². The molecule has 0 aliphatic carbocycles. The van der Waals surface area contributed by atoms with Gasteiger partial charge in [-0.05, 0) is 32.7 Å². The van der Waals surface area contributed by atoms with Crippen molar-refractivity contribution in [3.8, 4) is 11.4 Å². The zero-order valence-corrected chi connectivity index (χ0v) is 15.0. The van der Waals surface area contributed by atoms with Crippen molar-refractivity contribution in [1.29, 1.82) is 0 Å². The quantitative estimate of drug-likeness (QED) is 0.874. The minimum Gasteiger partial charge on any atom is -0.356 e. The highest BCUT2D eigenvalue weighted by molar-refractivity contribution is 5.72. The second-order valence-electron chi connectivity index (χ2n) is 6.77. The van der Waals surface area contributed by atoms with Gasteiger partial charge >= 0.3 is 0 Å². The van der Waals surface area contributed by atoms with Crippen molar-refractivity contribution in [2.45, 2.75) is 52.1 Å². The van der Waals surface area contributed by atoms with Gasteiger partial charge in [0.25, 0.3) is 0 Å². The van der Waals surface area contributed by atoms with Gasteiger partial charge < -0.3 is 9.84 Å². The molecule has 0 radical (unpaired) electrons. The molecule has 1 aliphatic rings. The summed E-state index contributed by atoms with van der Waals surface area (Å²) in [6, 6.07) is 8.58. The first-order chi connectivity index (χ1) is 12.1. The van der Waals surface area contributed by atoms with Crippen molar-refractivity contribution in [3.05, 3.63) is 35.7 Å². The summed E-state index contributed by atoms with van der Waals surface area (Å²) in [4.78, 5) is 18.0. The van der Waals surface area contributed by atoms with Crippen molar-refractivity contribution < 1.29 is 9.32 Å². The molecular weight excluding hydrogens is 316 g/mol. The lowest BCUT2D eigenvalue weighted by Crippen LogP contribution is -2.41. The third kappa shape index (κ3) is 4.89. The summed E-state index contributed by atoms with van der Waals surface area (Å²) in [6.07, 6.45) is 4.53. The number of carbonyl (C=O) groups excluding carboxylic acids is 1. The number of hydrogen-bond acceptors (Lipinski definition) is 5. The number of carbonyl (C=O) groups is 1. The van der Waals surface area contributed by atoms with Gasteiger partial charge in [-0.25, -0.2) is 0 Å². The lowest BCUT2D eigenvalue weighted by molar-refractivity contribution is -0.119. The molecule has 1 aliphatic heterocycles. The molecule has 1 atom stereocenters. The largest absolute Gasteiger partial charge is 0.356 e. The van der Waals surface area contributed by atoms with E-state index in [4.69, 9.17) is 4.52 Å². The van der Waals surface area contributed by atoms with Crippen LogP contribution >= 0.6 is 0 Å². The molecule has 1 N–H and O–H groups in total. The molecule has 0 bridgehead atoms. The fraction of sp³-hybridized carbons (Fsp3) is 0.526. The molecular formula is C19H26N4O2. The predicted molar refractivity (Wildman–Crippen MR) is 95.8 cm³/mol. The molecule has 2 aromatic rings. The standard InChI is InChI=1S/C19H26N4O2/c1-14-6-8-16(9-7-14)19-21-18(25-22-19)13-23-12-4-3-5-17(23)10-11-20-15(2)24/h6-9,17H,3-5,10-13H2,1-2H3,(H,20,24). The summed E-state index contributed by atoms with van der Waals surface area (Å²) in [5, 5.41) is 7.01. The molecule has 3 rings (SSSR count). The topological polar surface area (TPSA) is 71.3 Å². The number of aromatic nitrogens is 2. The molecule has 6 nitrogen and oxygen atoms in total. The molecule has 1 aromatic carbocycles. The monoisotopic (exact) mass is 342 g/mol. The Morgan fingerprint density at radius 2 is 2.12 bits per heavy atom. The number of aryl methyl sites for hydroxylation is 1. The van der Waals surface area contributed by atoms with Gasteiger partial charge in [0.2, 0.25) is 17.6 Å². The molecule has 25 heavy (non-hydrogen) atoms. The number of likely N-dealkylation sites (tertiary alicyclic amines) is 1. The molecule has 0 spiro atoms. The van der Waals surface area contributed by atoms with Crippen LogP contribution in [0.5, 0.6) is 0 Å². The Bertz CT molecular complexity index is 696. The van der Waals surface area contributed by atoms with E-state index in [0.717, 1.165) is 31.5 Å². The fourth-order valence-electron chi connectivity index (χ4n) is 3.32. The maximum atomic E-state index is 11.1. The third-order valence-electron chi connectivity index (χ3n) is 4.72. The Morgan fingerprint density at radius 1 is 1.32 bits per heavy atom. The van der Waals surface area contributed by atoms with Crippen LogP contribution in [0.1, 0.15) is 44.1 Å². The summed E-state index contributed by atoms with van der Waals surface area (Å²) in [7, 11) is 0. The van der Waals surface area contributed by atoms with Gasteiger partial charge in [-0.1, -0.05) is 41.4 Å². The molecule has 2 heterocycles. The van der Waals surface area contributed by atoms with Gasteiger partial charge in [0.1, 0.15) is 0 Å². The number of rotatable bonds is 6. The zero-order chi connectivity index (χ0) is 17.6. The first-order valence-electron chi connectivity index (χ1n) is 9.00. The van der Waals surface area contributed by atoms with E-state index in [2.05, 4.69) is 27.3 Å². The van der Waals surface area contributed by atoms with E-state index in [1.807, 2.05) is 24.3 Å². The number of nitrogens with zero attached hydrogens (tertiary/aromatic N) is 3. The second-order valence-corrected chi connectivity index (χ2v) is 6.77. The summed E-state index contributed by atoms with van der Waals surface area (Å²) in [6.45, 7) is 6.04. The fourth-order valence-corrected chi connectivity index (χ4v) is 3.32. The highest BCUT2D eigenvalue weighted by Crippen LogP contribution is 2.22. The van der Waals surface area contributed by atoms with E-state index in [9.17, 15) is 4.79 Å². The Balaban J connectivity index is 1.61. The maximum Gasteiger partial charge on any atom is 0.241 e. The van der Waals surface area contributed by atoms with Crippen LogP contribution in [0.2, 0.25) is 0 Å². The van der Waals surface area contributed by atoms with Gasteiger partial charge in [-0.3, -0.25) is 9.69 Å². The van der Waals surface area contributed by atoms with Crippen LogP contribution in [0.4, 0.5) is 0 Å². The van der Waals surface area contributed by atoms with Gasteiger partial charge in [0.15, 0.2) is 0 Å². The smallest absolute Gasteiger partial charge is 0.241 e. The second kappa shape index (κ2) is 8.25. The zero-order valence-electron chi connectivity index (χ0n) is 15.0. The Hall–Kier alpha value is -2.21. The molecule has 134 valence electrons. The van der Waals surface area contributed by atoms with Crippen molar-refractivity contribution in [2.24, 2.45) is 0 Å². The molecule has 1 fully saturated rings. The van der Waals surface area contributed by atoms with Crippen LogP contribution in [-0.2, 0) is 11.3 Å². The van der Waals surface area contributed by atoms with Crippen molar-refractivity contribution in [1.82, 2.24) is 20.4 Å². The molecule has 1 saturated heterocycles. The Kier molecular flexibility index (Phi) is 5.81. The first kappa shape index (κ1) is 17.6. The van der Waals surface area contributed by atoms with Crippen molar-refractivity contribution in [3.63, 3.8) is 0 Å². The molecule has 0 saturated carbocycles. The SMILES string of the molecule is CC(=O)NCCC1CCCCN1Cc1nc(-c2ccc(C)cc2)no1. The van der Waals surface area contributed by atoms with Crippen molar-refractivity contribution in [2.75, 3.05) is 13.1 Å². The van der Waals surface area contributed by atoms with Crippen LogP contribution in [0.25, 0.3) is 11.4 Å². The Morgan fingerprint density at radius 3 is 2.88 bits per heavy atom. The Labute approximate surface area is 148 Å². The van der Waals surface area contributed by atoms with Crippen LogP contribution < -0.4 is 5.32 Å². The molecule has 6 heteroatoms. The normalized spacial score (nSPS) is 18.2. The summed E-state index contributed by atoms with van der Waals surface area (Å²) >= 11 is 0. The molecule has 1 unspecified atom stereocenters. The number of hydrogen-bond donors (Lipinski definition) is 1. The number of piperidine rings is 1. The van der Waals surface area contributed by atoms with Crippen LogP contribution in [0.15, 0.2) is 28.8 Å². The lowest BCUT2D eigenvalue weighted by Gasteiger charge is -2.34. The van der Waals surface area contributed by atoms with E-state index < -0.39 is 0 Å². The van der Waals surface area contributed by atoms with E-state index in [1.54, 1.807) is 6.92 Å². The average molecular weight is 342 g/mol. The number of amides is 1. The van der Waals surface area contributed by atoms with E-state index in [-0.39, 0.29) is 5.91 Å². The highest BCUT2D eigenvalue weighted by Gasteiger charge is 2.24. The molecule has 1 aromatic heterocycles. The lowest BCUT2D eigenvalue weighted by atomic mass is 9.99. The first-order valence-corrected chi connectivity index (χ1v) is 9.00. The minimum absolute atomic E-state index is 0.0296. The van der Waals surface area contributed by atoms with E-state index in [1.165, 1.54) is 18.4 Å². The van der Waals surface area contributed by atoms with Gasteiger partial charge in [-0.15, -0.1) is 0 Å². The van der Waals surface area contributed by atoms with E-state index in [0.29, 0.717) is 24.3 Å². The number of nitrogens with one attached hydrogen (secondary N) is 1. The number of benzene rings is 1. The summed E-state index contributed by atoms with van der Waals surface area (Å²) in [5.74, 6) is 1.32. The van der Waals surface area contributed by atoms with E-state index >= 15 is 0 Å². The predicted octanol–water partition coefficient (Wildman–Crippen LogP) is 2.93. The summed E-state index contributed by atoms with van der Waals surface area (Å²) in [5.41, 5.74) is 2.18. The maximum absolute atomic E-state index is 11.1. The third-order valence-corrected chi connectivity index (χ3v) is 4.72. The molecule has 1 amide bonds. The van der Waals surface area contributed by atoms with Crippen LogP contribution in [0, 0.1) is 6.92 Å². The van der Waals surface area contributed by atoms with Gasteiger partial charge in [-0.2, -0.15) is 4.98 Å².